The maximum absolute atomic E-state index is 13.7. The van der Waals surface area contributed by atoms with Crippen molar-refractivity contribution in [2.45, 2.75) is 13.2 Å². The van der Waals surface area contributed by atoms with Gasteiger partial charge in [-0.15, -0.1) is 0 Å². The molecular formula is C24H17FN2O5S. The molecule has 3 aromatic rings. The Hall–Kier alpha value is -3.98. The summed E-state index contributed by atoms with van der Waals surface area (Å²) in [5.74, 6) is -0.325. The van der Waals surface area contributed by atoms with E-state index >= 15 is 0 Å². The molecule has 0 bridgehead atoms. The molecule has 2 amide bonds. The molecule has 9 heteroatoms. The monoisotopic (exact) mass is 464 g/mol. The average molecular weight is 464 g/mol. The summed E-state index contributed by atoms with van der Waals surface area (Å²) < 4.78 is 19.3. The minimum atomic E-state index is -0.542. The van der Waals surface area contributed by atoms with E-state index in [1.165, 1.54) is 24.3 Å². The van der Waals surface area contributed by atoms with E-state index in [1.54, 1.807) is 54.6 Å². The van der Waals surface area contributed by atoms with Crippen LogP contribution in [0.15, 0.2) is 77.7 Å². The van der Waals surface area contributed by atoms with E-state index in [9.17, 15) is 24.1 Å². The van der Waals surface area contributed by atoms with Crippen LogP contribution in [0, 0.1) is 15.9 Å². The summed E-state index contributed by atoms with van der Waals surface area (Å²) in [6, 6.07) is 19.1. The maximum Gasteiger partial charge on any atom is 0.293 e. The SMILES string of the molecule is O=C1S/C(=C/c2ccc(OCc3ccccc3F)cc2)C(=O)N1Cc1ccccc1[N+](=O)[O-]. The number of para-hydroxylation sites is 1. The largest absolute Gasteiger partial charge is 0.489 e. The topological polar surface area (TPSA) is 89.8 Å². The van der Waals surface area contributed by atoms with Gasteiger partial charge < -0.3 is 4.74 Å². The van der Waals surface area contributed by atoms with Gasteiger partial charge in [-0.25, -0.2) is 4.39 Å². The molecule has 0 aromatic heterocycles. The summed E-state index contributed by atoms with van der Waals surface area (Å²) in [5, 5.41) is 10.7. The normalized spacial score (nSPS) is 14.7. The first kappa shape index (κ1) is 22.2. The summed E-state index contributed by atoms with van der Waals surface area (Å²) in [4.78, 5) is 37.0. The van der Waals surface area contributed by atoms with Crippen LogP contribution in [0.25, 0.3) is 6.08 Å². The number of benzene rings is 3. The number of hydrogen-bond donors (Lipinski definition) is 0. The number of carbonyl (C=O) groups excluding carboxylic acids is 2. The van der Waals surface area contributed by atoms with Crippen molar-refractivity contribution in [3.63, 3.8) is 0 Å². The Bertz CT molecular complexity index is 1260. The van der Waals surface area contributed by atoms with Crippen LogP contribution < -0.4 is 4.74 Å². The van der Waals surface area contributed by atoms with Crippen molar-refractivity contribution in [2.75, 3.05) is 0 Å². The number of nitro groups is 1. The molecule has 1 saturated heterocycles. The Morgan fingerprint density at radius 2 is 1.64 bits per heavy atom. The lowest BCUT2D eigenvalue weighted by atomic mass is 10.1. The molecule has 0 radical (unpaired) electrons. The smallest absolute Gasteiger partial charge is 0.293 e. The lowest BCUT2D eigenvalue weighted by molar-refractivity contribution is -0.385. The standard InChI is InChI=1S/C24H17FN2O5S/c25-20-7-3-1-6-18(20)15-32-19-11-9-16(10-12-19)13-22-23(28)26(24(29)33-22)14-17-5-2-4-8-21(17)27(30)31/h1-13H,14-15H2/b22-13+. The van der Waals surface area contributed by atoms with Crippen molar-refractivity contribution in [1.82, 2.24) is 4.90 Å². The highest BCUT2D eigenvalue weighted by atomic mass is 32.2. The number of amides is 2. The van der Waals surface area contributed by atoms with E-state index in [-0.39, 0.29) is 35.1 Å². The summed E-state index contributed by atoms with van der Waals surface area (Å²) in [5.41, 5.74) is 1.24. The second kappa shape index (κ2) is 9.66. The molecule has 0 aliphatic carbocycles. The number of halogens is 1. The number of hydrogen-bond acceptors (Lipinski definition) is 6. The van der Waals surface area contributed by atoms with Crippen molar-refractivity contribution in [3.05, 3.63) is 110 Å². The number of carbonyl (C=O) groups is 2. The molecule has 4 rings (SSSR count). The molecular weight excluding hydrogens is 447 g/mol. The van der Waals surface area contributed by atoms with Crippen LogP contribution >= 0.6 is 11.8 Å². The summed E-state index contributed by atoms with van der Waals surface area (Å²) in [6.45, 7) is -0.0987. The molecule has 0 atom stereocenters. The van der Waals surface area contributed by atoms with Gasteiger partial charge in [-0.1, -0.05) is 48.5 Å². The molecule has 1 heterocycles. The average Bonchev–Trinajstić information content (AvgIpc) is 3.07. The number of imide groups is 1. The van der Waals surface area contributed by atoms with Crippen molar-refractivity contribution in [1.29, 1.82) is 0 Å². The summed E-state index contributed by atoms with van der Waals surface area (Å²) >= 11 is 0.779. The molecule has 1 aliphatic heterocycles. The molecule has 0 spiro atoms. The van der Waals surface area contributed by atoms with Crippen LogP contribution in [0.4, 0.5) is 14.9 Å². The van der Waals surface area contributed by atoms with Gasteiger partial charge in [-0.2, -0.15) is 0 Å². The van der Waals surface area contributed by atoms with E-state index in [4.69, 9.17) is 4.74 Å². The zero-order valence-electron chi connectivity index (χ0n) is 17.1. The van der Waals surface area contributed by atoms with Gasteiger partial charge >= 0.3 is 0 Å². The van der Waals surface area contributed by atoms with Crippen LogP contribution in [-0.2, 0) is 17.9 Å². The third-order valence-corrected chi connectivity index (χ3v) is 5.83. The first-order valence-corrected chi connectivity index (χ1v) is 10.7. The van der Waals surface area contributed by atoms with Crippen LogP contribution in [-0.4, -0.2) is 21.0 Å². The Labute approximate surface area is 192 Å². The van der Waals surface area contributed by atoms with Gasteiger partial charge in [0.05, 0.1) is 16.4 Å². The molecule has 1 aliphatic rings. The fraction of sp³-hybridized carbons (Fsp3) is 0.0833. The molecule has 0 N–H and O–H groups in total. The van der Waals surface area contributed by atoms with Crippen molar-refractivity contribution in [2.24, 2.45) is 0 Å². The van der Waals surface area contributed by atoms with Gasteiger partial charge in [0, 0.05) is 17.2 Å². The highest BCUT2D eigenvalue weighted by molar-refractivity contribution is 8.18. The Morgan fingerprint density at radius 3 is 2.33 bits per heavy atom. The number of rotatable bonds is 7. The van der Waals surface area contributed by atoms with Gasteiger partial charge in [-0.3, -0.25) is 24.6 Å². The minimum Gasteiger partial charge on any atom is -0.489 e. The van der Waals surface area contributed by atoms with Crippen LogP contribution in [0.5, 0.6) is 5.75 Å². The number of thioether (sulfide) groups is 1. The van der Waals surface area contributed by atoms with Gasteiger partial charge in [0.1, 0.15) is 18.2 Å². The lowest BCUT2D eigenvalue weighted by Gasteiger charge is -2.12. The number of nitro benzene ring substituents is 1. The Kier molecular flexibility index (Phi) is 6.50. The Morgan fingerprint density at radius 1 is 0.970 bits per heavy atom. The second-order valence-corrected chi connectivity index (χ2v) is 8.10. The minimum absolute atomic E-state index is 0.0799. The van der Waals surface area contributed by atoms with E-state index in [1.807, 2.05) is 0 Å². The molecule has 7 nitrogen and oxygen atoms in total. The van der Waals surface area contributed by atoms with Gasteiger partial charge in [-0.05, 0) is 41.6 Å². The Balaban J connectivity index is 1.44. The molecule has 1 fully saturated rings. The van der Waals surface area contributed by atoms with E-state index in [0.29, 0.717) is 16.9 Å². The molecule has 0 saturated carbocycles. The predicted molar refractivity (Wildman–Crippen MR) is 122 cm³/mol. The lowest BCUT2D eigenvalue weighted by Crippen LogP contribution is -2.27. The number of nitrogens with zero attached hydrogens (tertiary/aromatic N) is 2. The van der Waals surface area contributed by atoms with Crippen molar-refractivity contribution < 1.29 is 23.6 Å². The van der Waals surface area contributed by atoms with Crippen LogP contribution in [0.3, 0.4) is 0 Å². The fourth-order valence-corrected chi connectivity index (χ4v) is 4.06. The molecule has 0 unspecified atom stereocenters. The third kappa shape index (κ3) is 5.09. The summed E-state index contributed by atoms with van der Waals surface area (Å²) in [6.07, 6.45) is 1.57. The zero-order valence-corrected chi connectivity index (χ0v) is 18.0. The van der Waals surface area contributed by atoms with E-state index in [2.05, 4.69) is 0 Å². The highest BCUT2D eigenvalue weighted by Gasteiger charge is 2.36. The maximum atomic E-state index is 13.7. The van der Waals surface area contributed by atoms with Crippen molar-refractivity contribution >= 4 is 34.7 Å². The first-order chi connectivity index (χ1) is 15.9. The third-order valence-electron chi connectivity index (χ3n) is 4.92. The highest BCUT2D eigenvalue weighted by Crippen LogP contribution is 2.34. The molecule has 166 valence electrons. The summed E-state index contributed by atoms with van der Waals surface area (Å²) in [7, 11) is 0. The first-order valence-electron chi connectivity index (χ1n) is 9.86. The van der Waals surface area contributed by atoms with Gasteiger partial charge in [0.25, 0.3) is 16.8 Å². The van der Waals surface area contributed by atoms with Crippen LogP contribution in [0.1, 0.15) is 16.7 Å². The quantitative estimate of drug-likeness (QED) is 0.259. The van der Waals surface area contributed by atoms with Crippen LogP contribution in [0.2, 0.25) is 0 Å². The van der Waals surface area contributed by atoms with E-state index < -0.39 is 16.1 Å². The zero-order chi connectivity index (χ0) is 23.4. The molecule has 3 aromatic carbocycles. The predicted octanol–water partition coefficient (Wildman–Crippen LogP) is 5.55. The second-order valence-electron chi connectivity index (χ2n) is 7.10. The number of ether oxygens (including phenoxy) is 1. The van der Waals surface area contributed by atoms with Gasteiger partial charge in [0.2, 0.25) is 0 Å². The van der Waals surface area contributed by atoms with Gasteiger partial charge in [0.15, 0.2) is 0 Å². The van der Waals surface area contributed by atoms with Crippen molar-refractivity contribution in [3.8, 4) is 5.75 Å². The fourth-order valence-electron chi connectivity index (χ4n) is 3.22. The van der Waals surface area contributed by atoms with E-state index in [0.717, 1.165) is 16.7 Å². The molecule has 33 heavy (non-hydrogen) atoms.